The van der Waals surface area contributed by atoms with Gasteiger partial charge in [-0.15, -0.1) is 0 Å². The summed E-state index contributed by atoms with van der Waals surface area (Å²) in [5.74, 6) is 1.46. The molecule has 3 rings (SSSR count). The summed E-state index contributed by atoms with van der Waals surface area (Å²) in [6, 6.07) is 13.3. The quantitative estimate of drug-likeness (QED) is 0.800. The zero-order valence-corrected chi connectivity index (χ0v) is 11.9. The first-order valence-corrected chi connectivity index (χ1v) is 6.61. The van der Waals surface area contributed by atoms with Crippen LogP contribution in [-0.2, 0) is 6.54 Å². The normalized spacial score (nSPS) is 10.8. The summed E-state index contributed by atoms with van der Waals surface area (Å²) in [5, 5.41) is 0. The number of hydrogen-bond donors (Lipinski definition) is 1. The number of benzene rings is 2. The number of rotatable bonds is 4. The van der Waals surface area contributed by atoms with Crippen molar-refractivity contribution in [3.63, 3.8) is 0 Å². The lowest BCUT2D eigenvalue weighted by Gasteiger charge is -2.06. The van der Waals surface area contributed by atoms with Gasteiger partial charge < -0.3 is 14.5 Å². The number of hydrogen-bond acceptors (Lipinski definition) is 3. The molecule has 108 valence electrons. The van der Waals surface area contributed by atoms with Gasteiger partial charge in [-0.25, -0.2) is 4.79 Å². The van der Waals surface area contributed by atoms with Crippen molar-refractivity contribution >= 4 is 11.0 Å². The van der Waals surface area contributed by atoms with E-state index in [1.807, 2.05) is 42.5 Å². The number of methoxy groups -OCH3 is 2. The summed E-state index contributed by atoms with van der Waals surface area (Å²) < 4.78 is 12.1. The van der Waals surface area contributed by atoms with E-state index in [4.69, 9.17) is 9.47 Å². The predicted octanol–water partition coefficient (Wildman–Crippen LogP) is 2.40. The Bertz CT molecular complexity index is 816. The Morgan fingerprint density at radius 3 is 2.48 bits per heavy atom. The van der Waals surface area contributed by atoms with Crippen LogP contribution in [0.3, 0.4) is 0 Å². The van der Waals surface area contributed by atoms with Crippen molar-refractivity contribution in [3.05, 3.63) is 58.5 Å². The highest BCUT2D eigenvalue weighted by atomic mass is 16.5. The fraction of sp³-hybridized carbons (Fsp3) is 0.188. The van der Waals surface area contributed by atoms with Crippen molar-refractivity contribution in [2.45, 2.75) is 6.54 Å². The minimum Gasteiger partial charge on any atom is -0.497 e. The largest absolute Gasteiger partial charge is 0.497 e. The molecule has 0 aliphatic carbocycles. The highest BCUT2D eigenvalue weighted by Crippen LogP contribution is 2.23. The maximum Gasteiger partial charge on any atom is 0.326 e. The van der Waals surface area contributed by atoms with Crippen LogP contribution in [0.1, 0.15) is 5.56 Å². The van der Waals surface area contributed by atoms with Gasteiger partial charge in [0.1, 0.15) is 17.0 Å². The topological polar surface area (TPSA) is 56.2 Å². The third kappa shape index (κ3) is 2.38. The van der Waals surface area contributed by atoms with E-state index in [2.05, 4.69) is 4.98 Å². The molecule has 2 aromatic carbocycles. The Labute approximate surface area is 121 Å². The van der Waals surface area contributed by atoms with Gasteiger partial charge in [0.25, 0.3) is 0 Å². The second-order valence-corrected chi connectivity index (χ2v) is 4.72. The lowest BCUT2D eigenvalue weighted by molar-refractivity contribution is 0.414. The van der Waals surface area contributed by atoms with Crippen LogP contribution >= 0.6 is 0 Å². The van der Waals surface area contributed by atoms with E-state index in [0.717, 1.165) is 22.3 Å². The maximum atomic E-state index is 12.2. The number of imidazole rings is 1. The van der Waals surface area contributed by atoms with Crippen molar-refractivity contribution in [2.24, 2.45) is 0 Å². The number of nitrogens with one attached hydrogen (secondary N) is 1. The Hall–Kier alpha value is -2.69. The molecule has 0 saturated carbocycles. The SMILES string of the molecule is COc1ccc(Cn2c(=O)[nH]c3c(OC)cccc32)cc1. The van der Waals surface area contributed by atoms with E-state index in [-0.39, 0.29) is 5.69 Å². The molecule has 1 N–H and O–H groups in total. The molecule has 0 fully saturated rings. The number of fused-ring (bicyclic) bond motifs is 1. The van der Waals surface area contributed by atoms with E-state index in [1.54, 1.807) is 18.8 Å². The molecule has 0 radical (unpaired) electrons. The fourth-order valence-electron chi connectivity index (χ4n) is 2.39. The van der Waals surface area contributed by atoms with Crippen molar-refractivity contribution in [1.82, 2.24) is 9.55 Å². The van der Waals surface area contributed by atoms with Crippen LogP contribution in [-0.4, -0.2) is 23.8 Å². The van der Waals surface area contributed by atoms with Crippen LogP contribution < -0.4 is 15.2 Å². The van der Waals surface area contributed by atoms with E-state index < -0.39 is 0 Å². The molecular formula is C16H16N2O3. The Morgan fingerprint density at radius 1 is 1.05 bits per heavy atom. The van der Waals surface area contributed by atoms with Crippen LogP contribution in [0.4, 0.5) is 0 Å². The molecule has 21 heavy (non-hydrogen) atoms. The van der Waals surface area contributed by atoms with Crippen molar-refractivity contribution in [2.75, 3.05) is 14.2 Å². The van der Waals surface area contributed by atoms with Gasteiger partial charge in [0.15, 0.2) is 0 Å². The molecule has 5 nitrogen and oxygen atoms in total. The molecule has 0 atom stereocenters. The molecule has 0 aliphatic heterocycles. The summed E-state index contributed by atoms with van der Waals surface area (Å²) in [6.45, 7) is 0.496. The second kappa shape index (κ2) is 5.36. The van der Waals surface area contributed by atoms with Gasteiger partial charge in [0.2, 0.25) is 0 Å². The van der Waals surface area contributed by atoms with E-state index >= 15 is 0 Å². The van der Waals surface area contributed by atoms with Gasteiger partial charge in [-0.05, 0) is 29.8 Å². The Kier molecular flexibility index (Phi) is 3.39. The molecule has 0 saturated heterocycles. The van der Waals surface area contributed by atoms with Gasteiger partial charge in [-0.1, -0.05) is 18.2 Å². The zero-order chi connectivity index (χ0) is 14.8. The monoisotopic (exact) mass is 284 g/mol. The summed E-state index contributed by atoms with van der Waals surface area (Å²) >= 11 is 0. The minimum atomic E-state index is -0.148. The van der Waals surface area contributed by atoms with Crippen LogP contribution in [0.15, 0.2) is 47.3 Å². The standard InChI is InChI=1S/C16H16N2O3/c1-20-12-8-6-11(7-9-12)10-18-13-4-3-5-14(21-2)15(13)17-16(18)19/h3-9H,10H2,1-2H3,(H,17,19). The lowest BCUT2D eigenvalue weighted by atomic mass is 10.2. The zero-order valence-electron chi connectivity index (χ0n) is 11.9. The van der Waals surface area contributed by atoms with E-state index in [1.165, 1.54) is 0 Å². The number of ether oxygens (including phenoxy) is 2. The van der Waals surface area contributed by atoms with Gasteiger partial charge in [-0.2, -0.15) is 0 Å². The van der Waals surface area contributed by atoms with Crippen molar-refractivity contribution in [1.29, 1.82) is 0 Å². The highest BCUT2D eigenvalue weighted by Gasteiger charge is 2.10. The third-order valence-electron chi connectivity index (χ3n) is 3.49. The maximum absolute atomic E-state index is 12.2. The van der Waals surface area contributed by atoms with Gasteiger partial charge in [0, 0.05) is 0 Å². The average molecular weight is 284 g/mol. The summed E-state index contributed by atoms with van der Waals surface area (Å²) in [6.07, 6.45) is 0. The smallest absolute Gasteiger partial charge is 0.326 e. The first-order chi connectivity index (χ1) is 10.2. The van der Waals surface area contributed by atoms with Gasteiger partial charge in [-0.3, -0.25) is 4.57 Å². The second-order valence-electron chi connectivity index (χ2n) is 4.72. The summed E-state index contributed by atoms with van der Waals surface area (Å²) in [5.41, 5.74) is 2.43. The first kappa shape index (κ1) is 13.3. The average Bonchev–Trinajstić information content (AvgIpc) is 2.84. The number of H-pyrrole nitrogens is 1. The van der Waals surface area contributed by atoms with Crippen LogP contribution in [0, 0.1) is 0 Å². The lowest BCUT2D eigenvalue weighted by Crippen LogP contribution is -2.17. The molecule has 0 unspecified atom stereocenters. The van der Waals surface area contributed by atoms with Crippen LogP contribution in [0.25, 0.3) is 11.0 Å². The van der Waals surface area contributed by atoms with Crippen LogP contribution in [0.2, 0.25) is 0 Å². The minimum absolute atomic E-state index is 0.148. The molecule has 0 amide bonds. The number of aromatic amines is 1. The summed E-state index contributed by atoms with van der Waals surface area (Å²) in [7, 11) is 3.22. The Balaban J connectivity index is 2.03. The van der Waals surface area contributed by atoms with E-state index in [9.17, 15) is 4.79 Å². The van der Waals surface area contributed by atoms with Crippen molar-refractivity contribution < 1.29 is 9.47 Å². The molecule has 0 spiro atoms. The number of aromatic nitrogens is 2. The number of nitrogens with zero attached hydrogens (tertiary/aromatic N) is 1. The third-order valence-corrected chi connectivity index (χ3v) is 3.49. The molecule has 3 aromatic rings. The van der Waals surface area contributed by atoms with Gasteiger partial charge >= 0.3 is 5.69 Å². The van der Waals surface area contributed by atoms with Gasteiger partial charge in [0.05, 0.1) is 26.3 Å². The highest BCUT2D eigenvalue weighted by molar-refractivity contribution is 5.81. The fourth-order valence-corrected chi connectivity index (χ4v) is 2.39. The molecule has 0 bridgehead atoms. The van der Waals surface area contributed by atoms with E-state index in [0.29, 0.717) is 12.3 Å². The molecule has 5 heteroatoms. The number of para-hydroxylation sites is 1. The molecule has 0 aliphatic rings. The molecule has 1 heterocycles. The Morgan fingerprint density at radius 2 is 1.81 bits per heavy atom. The van der Waals surface area contributed by atoms with Crippen molar-refractivity contribution in [3.8, 4) is 11.5 Å². The predicted molar refractivity (Wildman–Crippen MR) is 81.2 cm³/mol. The first-order valence-electron chi connectivity index (χ1n) is 6.61. The summed E-state index contributed by atoms with van der Waals surface area (Å²) in [4.78, 5) is 15.0. The molecular weight excluding hydrogens is 268 g/mol. The van der Waals surface area contributed by atoms with Crippen LogP contribution in [0.5, 0.6) is 11.5 Å². The molecule has 1 aromatic heterocycles.